The quantitative estimate of drug-likeness (QED) is 0.657. The first-order valence-electron chi connectivity index (χ1n) is 5.21. The first kappa shape index (κ1) is 12.9. The number of hydrogen-bond acceptors (Lipinski definition) is 3. The highest BCUT2D eigenvalue weighted by atomic mass is 35.5. The van der Waals surface area contributed by atoms with Gasteiger partial charge in [0.25, 0.3) is 0 Å². The monoisotopic (exact) mass is 281 g/mol. The molecule has 0 aliphatic carbocycles. The molecule has 0 radical (unpaired) electrons. The molecule has 0 aromatic heterocycles. The van der Waals surface area contributed by atoms with E-state index in [0.29, 0.717) is 15.6 Å². The molecule has 94 valence electrons. The SMILES string of the molecule is CS(=O)c1c(Cl)cccc1-c1ccc(N)c(O)c1. The van der Waals surface area contributed by atoms with E-state index >= 15 is 0 Å². The molecule has 1 atom stereocenters. The molecule has 0 saturated heterocycles. The van der Waals surface area contributed by atoms with Crippen molar-refractivity contribution in [3.05, 3.63) is 41.4 Å². The minimum absolute atomic E-state index is 0.000288. The van der Waals surface area contributed by atoms with Gasteiger partial charge in [-0.3, -0.25) is 4.21 Å². The molecular weight excluding hydrogens is 270 g/mol. The maximum Gasteiger partial charge on any atom is 0.139 e. The Kier molecular flexibility index (Phi) is 3.59. The molecule has 3 nitrogen and oxygen atoms in total. The van der Waals surface area contributed by atoms with Crippen molar-refractivity contribution in [2.24, 2.45) is 0 Å². The van der Waals surface area contributed by atoms with Gasteiger partial charge in [-0.05, 0) is 29.3 Å². The highest BCUT2D eigenvalue weighted by Crippen LogP contribution is 2.34. The van der Waals surface area contributed by atoms with Gasteiger partial charge in [0.15, 0.2) is 0 Å². The summed E-state index contributed by atoms with van der Waals surface area (Å²) in [6, 6.07) is 10.2. The summed E-state index contributed by atoms with van der Waals surface area (Å²) in [4.78, 5) is 0.559. The first-order valence-corrected chi connectivity index (χ1v) is 7.15. The van der Waals surface area contributed by atoms with E-state index < -0.39 is 10.8 Å². The van der Waals surface area contributed by atoms with Gasteiger partial charge in [0, 0.05) is 6.26 Å². The molecule has 5 heteroatoms. The molecule has 1 unspecified atom stereocenters. The number of phenols is 1. The molecule has 0 aliphatic heterocycles. The third-order valence-electron chi connectivity index (χ3n) is 2.60. The van der Waals surface area contributed by atoms with Gasteiger partial charge in [-0.1, -0.05) is 29.8 Å². The summed E-state index contributed by atoms with van der Waals surface area (Å²) in [5, 5.41) is 10.1. The number of anilines is 1. The molecule has 0 amide bonds. The van der Waals surface area contributed by atoms with Crippen molar-refractivity contribution >= 4 is 28.1 Å². The van der Waals surface area contributed by atoms with Crippen molar-refractivity contribution in [1.29, 1.82) is 0 Å². The van der Waals surface area contributed by atoms with Crippen LogP contribution in [0.15, 0.2) is 41.3 Å². The van der Waals surface area contributed by atoms with Crippen LogP contribution in [0.3, 0.4) is 0 Å². The standard InChI is InChI=1S/C13H12ClNO2S/c1-18(17)13-9(3-2-4-10(13)14)8-5-6-11(15)12(16)7-8/h2-7,16H,15H2,1H3. The van der Waals surface area contributed by atoms with Crippen molar-refractivity contribution in [3.63, 3.8) is 0 Å². The van der Waals surface area contributed by atoms with E-state index in [9.17, 15) is 9.32 Å². The van der Waals surface area contributed by atoms with Gasteiger partial charge in [-0.15, -0.1) is 0 Å². The normalized spacial score (nSPS) is 12.3. The van der Waals surface area contributed by atoms with Crippen LogP contribution >= 0.6 is 11.6 Å². The van der Waals surface area contributed by atoms with E-state index in [1.165, 1.54) is 6.07 Å². The summed E-state index contributed by atoms with van der Waals surface area (Å²) in [6.07, 6.45) is 1.57. The predicted molar refractivity (Wildman–Crippen MR) is 75.3 cm³/mol. The lowest BCUT2D eigenvalue weighted by Gasteiger charge is -2.10. The topological polar surface area (TPSA) is 63.3 Å². The Balaban J connectivity index is 2.67. The highest BCUT2D eigenvalue weighted by Gasteiger charge is 2.13. The summed E-state index contributed by atoms with van der Waals surface area (Å²) < 4.78 is 11.8. The average Bonchev–Trinajstić information content (AvgIpc) is 2.32. The zero-order chi connectivity index (χ0) is 13.3. The van der Waals surface area contributed by atoms with Crippen LogP contribution in [0.5, 0.6) is 5.75 Å². The molecule has 0 saturated carbocycles. The fourth-order valence-corrected chi connectivity index (χ4v) is 3.08. The van der Waals surface area contributed by atoms with Crippen LogP contribution in [-0.4, -0.2) is 15.6 Å². The van der Waals surface area contributed by atoms with Gasteiger partial charge >= 0.3 is 0 Å². The van der Waals surface area contributed by atoms with Crippen LogP contribution in [0.25, 0.3) is 11.1 Å². The smallest absolute Gasteiger partial charge is 0.139 e. The van der Waals surface area contributed by atoms with E-state index in [0.717, 1.165) is 11.1 Å². The van der Waals surface area contributed by atoms with Crippen LogP contribution in [0.2, 0.25) is 5.02 Å². The molecule has 2 rings (SSSR count). The minimum atomic E-state index is -1.21. The summed E-state index contributed by atoms with van der Waals surface area (Å²) in [6.45, 7) is 0. The van der Waals surface area contributed by atoms with Gasteiger partial charge in [0.2, 0.25) is 0 Å². The van der Waals surface area contributed by atoms with Gasteiger partial charge in [0.05, 0.1) is 26.4 Å². The fourth-order valence-electron chi connectivity index (χ4n) is 1.74. The van der Waals surface area contributed by atoms with E-state index in [1.54, 1.807) is 30.5 Å². The average molecular weight is 282 g/mol. The van der Waals surface area contributed by atoms with Crippen LogP contribution in [-0.2, 0) is 10.8 Å². The van der Waals surface area contributed by atoms with Crippen molar-refractivity contribution in [3.8, 4) is 16.9 Å². The van der Waals surface area contributed by atoms with Crippen molar-refractivity contribution in [1.82, 2.24) is 0 Å². The zero-order valence-electron chi connectivity index (χ0n) is 9.68. The van der Waals surface area contributed by atoms with Crippen LogP contribution < -0.4 is 5.73 Å². The Hall–Kier alpha value is -1.52. The summed E-state index contributed by atoms with van der Waals surface area (Å²) in [5.41, 5.74) is 7.33. The molecule has 0 heterocycles. The summed E-state index contributed by atoms with van der Waals surface area (Å²) >= 11 is 6.07. The third-order valence-corrected chi connectivity index (χ3v) is 4.04. The first-order chi connectivity index (χ1) is 8.50. The second-order valence-corrected chi connectivity index (χ2v) is 5.57. The van der Waals surface area contributed by atoms with Crippen LogP contribution in [0.4, 0.5) is 5.69 Å². The lowest BCUT2D eigenvalue weighted by Crippen LogP contribution is -1.94. The maximum atomic E-state index is 11.8. The van der Waals surface area contributed by atoms with Crippen molar-refractivity contribution in [2.75, 3.05) is 12.0 Å². The minimum Gasteiger partial charge on any atom is -0.506 e. The Morgan fingerprint density at radius 1 is 1.28 bits per heavy atom. The third kappa shape index (κ3) is 2.35. The number of aromatic hydroxyl groups is 1. The molecule has 0 fully saturated rings. The number of halogens is 1. The number of hydrogen-bond donors (Lipinski definition) is 2. The lowest BCUT2D eigenvalue weighted by atomic mass is 10.0. The van der Waals surface area contributed by atoms with Crippen LogP contribution in [0.1, 0.15) is 0 Å². The molecule has 0 aliphatic rings. The molecule has 18 heavy (non-hydrogen) atoms. The number of nitrogen functional groups attached to an aromatic ring is 1. The largest absolute Gasteiger partial charge is 0.506 e. The highest BCUT2D eigenvalue weighted by molar-refractivity contribution is 7.84. The number of benzene rings is 2. The molecular formula is C13H12ClNO2S. The van der Waals surface area contributed by atoms with E-state index in [2.05, 4.69) is 0 Å². The Morgan fingerprint density at radius 3 is 2.61 bits per heavy atom. The molecule has 2 aromatic rings. The Morgan fingerprint density at radius 2 is 2.00 bits per heavy atom. The van der Waals surface area contributed by atoms with E-state index in [-0.39, 0.29) is 5.75 Å². The second kappa shape index (κ2) is 5.00. The number of nitrogens with two attached hydrogens (primary N) is 1. The van der Waals surface area contributed by atoms with Gasteiger partial charge in [0.1, 0.15) is 5.75 Å². The van der Waals surface area contributed by atoms with E-state index in [4.69, 9.17) is 17.3 Å². The van der Waals surface area contributed by atoms with E-state index in [1.807, 2.05) is 6.07 Å². The van der Waals surface area contributed by atoms with Gasteiger partial charge < -0.3 is 10.8 Å². The van der Waals surface area contributed by atoms with Crippen LogP contribution in [0, 0.1) is 0 Å². The van der Waals surface area contributed by atoms with Crippen molar-refractivity contribution in [2.45, 2.75) is 4.90 Å². The molecule has 3 N–H and O–H groups in total. The Bertz CT molecular complexity index is 628. The van der Waals surface area contributed by atoms with Gasteiger partial charge in [-0.2, -0.15) is 0 Å². The predicted octanol–water partition coefficient (Wildman–Crippen LogP) is 3.03. The van der Waals surface area contributed by atoms with Crippen molar-refractivity contribution < 1.29 is 9.32 Å². The molecule has 0 bridgehead atoms. The zero-order valence-corrected chi connectivity index (χ0v) is 11.3. The number of rotatable bonds is 2. The summed E-state index contributed by atoms with van der Waals surface area (Å²) in [7, 11) is -1.21. The molecule has 2 aromatic carbocycles. The summed E-state index contributed by atoms with van der Waals surface area (Å²) in [5.74, 6) is 0.000288. The second-order valence-electron chi connectivity index (χ2n) is 3.84. The molecule has 0 spiro atoms. The lowest BCUT2D eigenvalue weighted by molar-refractivity contribution is 0.478. The number of phenolic OH excluding ortho intramolecular Hbond substituents is 1. The maximum absolute atomic E-state index is 11.8. The Labute approximate surface area is 113 Å². The fraction of sp³-hybridized carbons (Fsp3) is 0.0769. The van der Waals surface area contributed by atoms with Gasteiger partial charge in [-0.25, -0.2) is 0 Å².